The Morgan fingerprint density at radius 2 is 1.84 bits per heavy atom. The van der Waals surface area contributed by atoms with Crippen molar-refractivity contribution in [3.8, 4) is 11.5 Å². The maximum atomic E-state index is 13.0. The molecule has 2 aromatic rings. The maximum Gasteiger partial charge on any atom is 0.251 e. The van der Waals surface area contributed by atoms with Gasteiger partial charge < -0.3 is 14.8 Å². The first-order valence-corrected chi connectivity index (χ1v) is 10.4. The highest BCUT2D eigenvalue weighted by Gasteiger charge is 2.42. The highest BCUT2D eigenvalue weighted by atomic mass is 16.5. The molecule has 8 heteroatoms. The van der Waals surface area contributed by atoms with Gasteiger partial charge in [-0.2, -0.15) is 0 Å². The Kier molecular flexibility index (Phi) is 6.11. The number of allylic oxidation sites excluding steroid dienone is 2. The average molecular weight is 435 g/mol. The van der Waals surface area contributed by atoms with Crippen molar-refractivity contribution in [2.75, 3.05) is 19.2 Å². The third-order valence-electron chi connectivity index (χ3n) is 5.83. The van der Waals surface area contributed by atoms with E-state index in [0.717, 1.165) is 5.56 Å². The number of anilines is 1. The van der Waals surface area contributed by atoms with E-state index in [9.17, 15) is 14.4 Å². The molecule has 2 aliphatic rings. The van der Waals surface area contributed by atoms with E-state index in [-0.39, 0.29) is 36.1 Å². The van der Waals surface area contributed by atoms with E-state index >= 15 is 0 Å². The van der Waals surface area contributed by atoms with Crippen molar-refractivity contribution in [1.82, 2.24) is 10.7 Å². The van der Waals surface area contributed by atoms with E-state index in [1.807, 2.05) is 18.2 Å². The Balaban J connectivity index is 1.48. The van der Waals surface area contributed by atoms with Gasteiger partial charge in [-0.05, 0) is 43.2 Å². The van der Waals surface area contributed by atoms with Crippen LogP contribution in [0.4, 0.5) is 5.69 Å². The molecule has 2 unspecified atom stereocenters. The number of hydrazine groups is 1. The fourth-order valence-corrected chi connectivity index (χ4v) is 4.04. The molecular formula is C24H25N3O5. The SMILES string of the molecule is COc1ccc(CNC(=O)c2cccc(N3NC(=O)C4CC=CCC4C3=O)c2)c(OC)c1. The largest absolute Gasteiger partial charge is 0.497 e. The molecule has 3 amide bonds. The second-order valence-corrected chi connectivity index (χ2v) is 7.72. The maximum absolute atomic E-state index is 13.0. The Morgan fingerprint density at radius 3 is 2.59 bits per heavy atom. The van der Waals surface area contributed by atoms with E-state index in [1.54, 1.807) is 50.6 Å². The lowest BCUT2D eigenvalue weighted by Gasteiger charge is -2.38. The zero-order valence-corrected chi connectivity index (χ0v) is 18.0. The summed E-state index contributed by atoms with van der Waals surface area (Å²) >= 11 is 0. The lowest BCUT2D eigenvalue weighted by atomic mass is 9.80. The third kappa shape index (κ3) is 4.16. The molecule has 166 valence electrons. The number of nitrogens with one attached hydrogen (secondary N) is 2. The average Bonchev–Trinajstić information content (AvgIpc) is 2.84. The quantitative estimate of drug-likeness (QED) is 0.680. The van der Waals surface area contributed by atoms with Crippen molar-refractivity contribution in [2.45, 2.75) is 19.4 Å². The van der Waals surface area contributed by atoms with Gasteiger partial charge >= 0.3 is 0 Å². The Morgan fingerprint density at radius 1 is 1.06 bits per heavy atom. The first-order chi connectivity index (χ1) is 15.5. The highest BCUT2D eigenvalue weighted by molar-refractivity contribution is 6.05. The van der Waals surface area contributed by atoms with E-state index in [1.165, 1.54) is 5.01 Å². The second-order valence-electron chi connectivity index (χ2n) is 7.72. The number of carbonyl (C=O) groups excluding carboxylic acids is 3. The number of hydrogen-bond donors (Lipinski definition) is 2. The lowest BCUT2D eigenvalue weighted by molar-refractivity contribution is -0.139. The first-order valence-electron chi connectivity index (χ1n) is 10.4. The summed E-state index contributed by atoms with van der Waals surface area (Å²) in [5.74, 6) is -0.105. The van der Waals surface area contributed by atoms with Crippen LogP contribution in [-0.2, 0) is 16.1 Å². The van der Waals surface area contributed by atoms with Gasteiger partial charge in [0.2, 0.25) is 11.8 Å². The number of ether oxygens (including phenoxy) is 2. The standard InChI is InChI=1S/C24H25N3O5/c1-31-18-11-10-16(21(13-18)32-2)14-25-22(28)15-6-5-7-17(12-15)27-24(30)20-9-4-3-8-19(20)23(29)26-27/h3-7,10-13,19-20H,8-9,14H2,1-2H3,(H,25,28)(H,26,29). The monoisotopic (exact) mass is 435 g/mol. The summed E-state index contributed by atoms with van der Waals surface area (Å²) in [6, 6.07) is 12.0. The highest BCUT2D eigenvalue weighted by Crippen LogP contribution is 2.32. The summed E-state index contributed by atoms with van der Waals surface area (Å²) in [5.41, 5.74) is 4.31. The molecule has 2 aromatic carbocycles. The topological polar surface area (TPSA) is 97.0 Å². The summed E-state index contributed by atoms with van der Waals surface area (Å²) in [4.78, 5) is 38.2. The predicted molar refractivity (Wildman–Crippen MR) is 118 cm³/mol. The second kappa shape index (κ2) is 9.13. The number of carbonyl (C=O) groups is 3. The number of hydrogen-bond acceptors (Lipinski definition) is 5. The smallest absolute Gasteiger partial charge is 0.251 e. The van der Waals surface area contributed by atoms with Gasteiger partial charge in [0.1, 0.15) is 11.5 Å². The molecule has 1 heterocycles. The van der Waals surface area contributed by atoms with Crippen molar-refractivity contribution in [1.29, 1.82) is 0 Å². The molecule has 0 bridgehead atoms. The van der Waals surface area contributed by atoms with Crippen molar-refractivity contribution in [2.24, 2.45) is 11.8 Å². The fraction of sp³-hybridized carbons (Fsp3) is 0.292. The van der Waals surface area contributed by atoms with E-state index in [4.69, 9.17) is 9.47 Å². The molecule has 0 saturated carbocycles. The molecule has 1 saturated heterocycles. The van der Waals surface area contributed by atoms with Gasteiger partial charge in [-0.1, -0.05) is 18.2 Å². The molecule has 4 rings (SSSR count). The minimum atomic E-state index is -0.381. The normalized spacial score (nSPS) is 19.8. The molecule has 2 atom stereocenters. The zero-order valence-electron chi connectivity index (χ0n) is 18.0. The first kappa shape index (κ1) is 21.4. The van der Waals surface area contributed by atoms with Gasteiger partial charge in [0.05, 0.1) is 31.7 Å². The van der Waals surface area contributed by atoms with Gasteiger partial charge in [0, 0.05) is 23.7 Å². The van der Waals surface area contributed by atoms with Crippen LogP contribution in [0.5, 0.6) is 11.5 Å². The molecular weight excluding hydrogens is 410 g/mol. The van der Waals surface area contributed by atoms with Gasteiger partial charge in [0.15, 0.2) is 0 Å². The molecule has 1 aliphatic carbocycles. The lowest BCUT2D eigenvalue weighted by Crippen LogP contribution is -2.59. The predicted octanol–water partition coefficient (Wildman–Crippen LogP) is 2.59. The van der Waals surface area contributed by atoms with Crippen LogP contribution in [0.1, 0.15) is 28.8 Å². The molecule has 2 N–H and O–H groups in total. The molecule has 32 heavy (non-hydrogen) atoms. The summed E-state index contributed by atoms with van der Waals surface area (Å²) < 4.78 is 10.6. The number of methoxy groups -OCH3 is 2. The van der Waals surface area contributed by atoms with Crippen molar-refractivity contribution >= 4 is 23.4 Å². The summed E-state index contributed by atoms with van der Waals surface area (Å²) in [6.45, 7) is 0.256. The number of nitrogens with zero attached hydrogens (tertiary/aromatic N) is 1. The number of fused-ring (bicyclic) bond motifs is 1. The fourth-order valence-electron chi connectivity index (χ4n) is 4.04. The van der Waals surface area contributed by atoms with E-state index in [0.29, 0.717) is 35.6 Å². The van der Waals surface area contributed by atoms with Crippen LogP contribution in [-0.4, -0.2) is 31.9 Å². The molecule has 0 aromatic heterocycles. The minimum absolute atomic E-state index is 0.167. The summed E-state index contributed by atoms with van der Waals surface area (Å²) in [6.07, 6.45) is 4.98. The number of amides is 3. The third-order valence-corrected chi connectivity index (χ3v) is 5.83. The molecule has 1 aliphatic heterocycles. The summed E-state index contributed by atoms with van der Waals surface area (Å²) in [7, 11) is 3.13. The van der Waals surface area contributed by atoms with Crippen LogP contribution in [0.15, 0.2) is 54.6 Å². The van der Waals surface area contributed by atoms with Crippen LogP contribution in [0.3, 0.4) is 0 Å². The number of rotatable bonds is 6. The molecule has 0 radical (unpaired) electrons. The van der Waals surface area contributed by atoms with Gasteiger partial charge in [-0.15, -0.1) is 0 Å². The zero-order chi connectivity index (χ0) is 22.7. The van der Waals surface area contributed by atoms with Crippen LogP contribution in [0, 0.1) is 11.8 Å². The molecule has 0 spiro atoms. The van der Waals surface area contributed by atoms with Crippen molar-refractivity contribution < 1.29 is 23.9 Å². The van der Waals surface area contributed by atoms with E-state index in [2.05, 4.69) is 10.7 Å². The Labute approximate surface area is 186 Å². The van der Waals surface area contributed by atoms with Gasteiger partial charge in [0.25, 0.3) is 5.91 Å². The van der Waals surface area contributed by atoms with E-state index < -0.39 is 0 Å². The van der Waals surface area contributed by atoms with Gasteiger partial charge in [-0.3, -0.25) is 19.8 Å². The van der Waals surface area contributed by atoms with Crippen molar-refractivity contribution in [3.05, 3.63) is 65.7 Å². The number of benzene rings is 2. The Bertz CT molecular complexity index is 1080. The van der Waals surface area contributed by atoms with Crippen LogP contribution >= 0.6 is 0 Å². The van der Waals surface area contributed by atoms with Crippen molar-refractivity contribution in [3.63, 3.8) is 0 Å². The minimum Gasteiger partial charge on any atom is -0.497 e. The molecule has 1 fully saturated rings. The Hall–Kier alpha value is -3.81. The van der Waals surface area contributed by atoms with Crippen LogP contribution in [0.25, 0.3) is 0 Å². The van der Waals surface area contributed by atoms with Gasteiger partial charge in [-0.25, -0.2) is 5.01 Å². The van der Waals surface area contributed by atoms with Crippen LogP contribution < -0.4 is 25.2 Å². The molecule has 8 nitrogen and oxygen atoms in total. The summed E-state index contributed by atoms with van der Waals surface area (Å²) in [5, 5.41) is 4.12. The van der Waals surface area contributed by atoms with Crippen LogP contribution in [0.2, 0.25) is 0 Å².